The molecule has 1 fully saturated rings. The molecule has 0 bridgehead atoms. The van der Waals surface area contributed by atoms with Crippen molar-refractivity contribution in [2.24, 2.45) is 4.99 Å². The fourth-order valence-electron chi connectivity index (χ4n) is 2.91. The maximum absolute atomic E-state index is 13.9. The van der Waals surface area contributed by atoms with Gasteiger partial charge >= 0.3 is 0 Å². The summed E-state index contributed by atoms with van der Waals surface area (Å²) in [7, 11) is 1.62. The Morgan fingerprint density at radius 2 is 1.76 bits per heavy atom. The summed E-state index contributed by atoms with van der Waals surface area (Å²) in [5.41, 5.74) is 0.644. The predicted octanol–water partition coefficient (Wildman–Crippen LogP) is 3.10. The molecule has 0 atom stereocenters. The summed E-state index contributed by atoms with van der Waals surface area (Å²) in [6.07, 6.45) is -0.454. The largest absolute Gasteiger partial charge is 0.497 e. The van der Waals surface area contributed by atoms with Gasteiger partial charge < -0.3 is 18.9 Å². The quantitative estimate of drug-likeness (QED) is 0.859. The maximum Gasteiger partial charge on any atom is 0.220 e. The van der Waals surface area contributed by atoms with Crippen LogP contribution in [0.4, 0.5) is 4.39 Å². The van der Waals surface area contributed by atoms with E-state index in [-0.39, 0.29) is 5.82 Å². The van der Waals surface area contributed by atoms with Gasteiger partial charge in [-0.15, -0.1) is 0 Å². The molecule has 0 unspecified atom stereocenters. The van der Waals surface area contributed by atoms with E-state index in [2.05, 4.69) is 4.99 Å². The number of benzene rings is 2. The Labute approximate surface area is 145 Å². The lowest BCUT2D eigenvalue weighted by molar-refractivity contribution is -0.212. The molecular weight excluding hydrogens is 325 g/mol. The second kappa shape index (κ2) is 6.46. The third-order valence-corrected chi connectivity index (χ3v) is 4.32. The van der Waals surface area contributed by atoms with Crippen molar-refractivity contribution in [1.82, 2.24) is 0 Å². The first kappa shape index (κ1) is 16.1. The molecule has 0 aliphatic carbocycles. The van der Waals surface area contributed by atoms with Crippen LogP contribution in [0.1, 0.15) is 17.4 Å². The van der Waals surface area contributed by atoms with Gasteiger partial charge in [0.05, 0.1) is 25.9 Å². The van der Waals surface area contributed by atoms with E-state index in [1.165, 1.54) is 6.07 Å². The molecule has 130 valence electrons. The van der Waals surface area contributed by atoms with Crippen molar-refractivity contribution in [2.75, 3.05) is 26.9 Å². The SMILES string of the molecule is COc1ccc(C2OCC3(COC(c4ccccc4F)=N3)CO2)cc1. The van der Waals surface area contributed by atoms with E-state index in [1.54, 1.807) is 25.3 Å². The van der Waals surface area contributed by atoms with Gasteiger partial charge in [-0.3, -0.25) is 0 Å². The average Bonchev–Trinajstić information content (AvgIpc) is 3.06. The summed E-state index contributed by atoms with van der Waals surface area (Å²) in [6.45, 7) is 1.01. The highest BCUT2D eigenvalue weighted by Gasteiger charge is 2.43. The third-order valence-electron chi connectivity index (χ3n) is 4.32. The molecule has 25 heavy (non-hydrogen) atoms. The van der Waals surface area contributed by atoms with E-state index in [9.17, 15) is 4.39 Å². The second-order valence-corrected chi connectivity index (χ2v) is 6.14. The van der Waals surface area contributed by atoms with E-state index in [0.29, 0.717) is 31.3 Å². The van der Waals surface area contributed by atoms with Crippen molar-refractivity contribution in [3.63, 3.8) is 0 Å². The Hall–Kier alpha value is -2.44. The summed E-state index contributed by atoms with van der Waals surface area (Å²) in [4.78, 5) is 4.55. The predicted molar refractivity (Wildman–Crippen MR) is 89.3 cm³/mol. The molecule has 2 aliphatic heterocycles. The van der Waals surface area contributed by atoms with E-state index >= 15 is 0 Å². The normalized spacial score (nSPS) is 25.5. The highest BCUT2D eigenvalue weighted by Crippen LogP contribution is 2.33. The molecule has 6 heteroatoms. The number of hydrogen-bond donors (Lipinski definition) is 0. The smallest absolute Gasteiger partial charge is 0.220 e. The number of methoxy groups -OCH3 is 1. The summed E-state index contributed by atoms with van der Waals surface area (Å²) in [5.74, 6) is 0.722. The number of nitrogens with zero attached hydrogens (tertiary/aromatic N) is 1. The number of halogens is 1. The molecule has 2 heterocycles. The van der Waals surface area contributed by atoms with Crippen LogP contribution in [0.2, 0.25) is 0 Å². The lowest BCUT2D eigenvalue weighted by Gasteiger charge is -2.33. The molecule has 2 aliphatic rings. The standard InChI is InChI=1S/C19H18FNO4/c1-22-14-8-6-13(7-9-14)18-24-11-19(12-25-18)10-23-17(21-19)15-4-2-3-5-16(15)20/h2-9,18H,10-12H2,1H3. The van der Waals surface area contributed by atoms with Crippen LogP contribution in [0.25, 0.3) is 0 Å². The van der Waals surface area contributed by atoms with Gasteiger partial charge in [0.25, 0.3) is 0 Å². The third kappa shape index (κ3) is 3.10. The van der Waals surface area contributed by atoms with E-state index in [0.717, 1.165) is 11.3 Å². The van der Waals surface area contributed by atoms with Crippen molar-refractivity contribution in [1.29, 1.82) is 0 Å². The minimum atomic E-state index is -0.624. The zero-order chi connectivity index (χ0) is 17.3. The van der Waals surface area contributed by atoms with Crippen LogP contribution in [0.3, 0.4) is 0 Å². The molecule has 5 nitrogen and oxygen atoms in total. The zero-order valence-electron chi connectivity index (χ0n) is 13.8. The first-order chi connectivity index (χ1) is 12.2. The van der Waals surface area contributed by atoms with Gasteiger partial charge in [-0.2, -0.15) is 0 Å². The number of hydrogen-bond acceptors (Lipinski definition) is 5. The maximum atomic E-state index is 13.9. The van der Waals surface area contributed by atoms with Gasteiger partial charge in [-0.1, -0.05) is 24.3 Å². The van der Waals surface area contributed by atoms with Gasteiger partial charge in [0, 0.05) is 5.56 Å². The summed E-state index contributed by atoms with van der Waals surface area (Å²) < 4.78 is 36.4. The van der Waals surface area contributed by atoms with E-state index < -0.39 is 11.8 Å². The number of ether oxygens (including phenoxy) is 4. The molecule has 0 N–H and O–H groups in total. The number of rotatable bonds is 3. The van der Waals surface area contributed by atoms with Crippen molar-refractivity contribution in [3.05, 3.63) is 65.5 Å². The van der Waals surface area contributed by atoms with E-state index in [1.807, 2.05) is 24.3 Å². The van der Waals surface area contributed by atoms with Crippen molar-refractivity contribution >= 4 is 5.90 Å². The van der Waals surface area contributed by atoms with Crippen LogP contribution in [0.5, 0.6) is 5.75 Å². The molecule has 0 amide bonds. The molecule has 1 spiro atoms. The Kier molecular flexibility index (Phi) is 4.15. The summed E-state index contributed by atoms with van der Waals surface area (Å²) in [5, 5.41) is 0. The van der Waals surface area contributed by atoms with Gasteiger partial charge in [0.1, 0.15) is 23.7 Å². The lowest BCUT2D eigenvalue weighted by atomic mass is 10.0. The highest BCUT2D eigenvalue weighted by molar-refractivity contribution is 5.95. The first-order valence-corrected chi connectivity index (χ1v) is 8.04. The van der Waals surface area contributed by atoms with Crippen molar-refractivity contribution in [3.8, 4) is 5.75 Å². The van der Waals surface area contributed by atoms with Gasteiger partial charge in [0.2, 0.25) is 5.90 Å². The van der Waals surface area contributed by atoms with Crippen LogP contribution in [0, 0.1) is 5.82 Å². The molecular formula is C19H18FNO4. The van der Waals surface area contributed by atoms with Crippen LogP contribution >= 0.6 is 0 Å². The average molecular weight is 343 g/mol. The number of aliphatic imine (C=N–C) groups is 1. The summed E-state index contributed by atoms with van der Waals surface area (Å²) >= 11 is 0. The van der Waals surface area contributed by atoms with E-state index in [4.69, 9.17) is 18.9 Å². The fourth-order valence-corrected chi connectivity index (χ4v) is 2.91. The molecule has 4 rings (SSSR count). The fraction of sp³-hybridized carbons (Fsp3) is 0.316. The minimum Gasteiger partial charge on any atom is -0.497 e. The monoisotopic (exact) mass is 343 g/mol. The van der Waals surface area contributed by atoms with Crippen molar-refractivity contribution < 1.29 is 23.3 Å². The summed E-state index contributed by atoms with van der Waals surface area (Å²) in [6, 6.07) is 14.0. The van der Waals surface area contributed by atoms with Gasteiger partial charge in [0.15, 0.2) is 6.29 Å². The van der Waals surface area contributed by atoms with Gasteiger partial charge in [-0.05, 0) is 24.3 Å². The van der Waals surface area contributed by atoms with Crippen molar-refractivity contribution in [2.45, 2.75) is 11.8 Å². The molecule has 0 aromatic heterocycles. The molecule has 0 saturated carbocycles. The minimum absolute atomic E-state index is 0.299. The van der Waals surface area contributed by atoms with Crippen LogP contribution < -0.4 is 4.74 Å². The zero-order valence-corrected chi connectivity index (χ0v) is 13.8. The van der Waals surface area contributed by atoms with Crippen LogP contribution in [-0.4, -0.2) is 38.4 Å². The van der Waals surface area contributed by atoms with Crippen LogP contribution in [0.15, 0.2) is 53.5 Å². The van der Waals surface area contributed by atoms with Gasteiger partial charge in [-0.25, -0.2) is 9.38 Å². The first-order valence-electron chi connectivity index (χ1n) is 8.04. The molecule has 0 radical (unpaired) electrons. The molecule has 2 aromatic rings. The Balaban J connectivity index is 1.47. The molecule has 2 aromatic carbocycles. The Morgan fingerprint density at radius 3 is 2.44 bits per heavy atom. The van der Waals surface area contributed by atoms with Crippen LogP contribution in [-0.2, 0) is 14.2 Å². The topological polar surface area (TPSA) is 49.3 Å². The lowest BCUT2D eigenvalue weighted by Crippen LogP contribution is -2.44. The highest BCUT2D eigenvalue weighted by atomic mass is 19.1. The second-order valence-electron chi connectivity index (χ2n) is 6.14. The Morgan fingerprint density at radius 1 is 1.04 bits per heavy atom. The molecule has 1 saturated heterocycles. The Bertz CT molecular complexity index is 782.